The van der Waals surface area contributed by atoms with Crippen LogP contribution in [-0.4, -0.2) is 48.7 Å². The maximum atomic E-state index is 14.5. The number of nitrogens with zero attached hydrogens (tertiary/aromatic N) is 4. The van der Waals surface area contributed by atoms with Gasteiger partial charge in [-0.1, -0.05) is 55.8 Å². The minimum absolute atomic E-state index is 0.0318. The highest BCUT2D eigenvalue weighted by Gasteiger charge is 2.31. The molecule has 2 aliphatic rings. The maximum absolute atomic E-state index is 14.5. The van der Waals surface area contributed by atoms with Crippen molar-refractivity contribution in [1.82, 2.24) is 19.6 Å². The first kappa shape index (κ1) is 30.9. The Kier molecular flexibility index (Phi) is 8.75. The lowest BCUT2D eigenvalue weighted by atomic mass is 9.90. The third-order valence-electron chi connectivity index (χ3n) is 9.34. The zero-order chi connectivity index (χ0) is 31.7. The standard InChI is InChI=1S/C36H43N5O4/c1-5-9-32-30(21-24-12-17-28(25-10-7-6-8-11-25)29(20-24)31-22-33(42)39-38-31)35(43)40(34-18-19-37-41(32)34)26-13-15-27(16-14-26)45-23(2)36(3,4)44/h6-8,10-12,17-20,23,26-27,44H,5,9,13-16,21-22H2,1-4H3,(H,39,42). The molecule has 45 heavy (non-hydrogen) atoms. The van der Waals surface area contributed by atoms with Gasteiger partial charge in [0.25, 0.3) is 5.56 Å². The Bertz CT molecular complexity index is 1770. The van der Waals surface area contributed by atoms with Crippen LogP contribution in [0.25, 0.3) is 16.8 Å². The Labute approximate surface area is 263 Å². The van der Waals surface area contributed by atoms with E-state index < -0.39 is 5.60 Å². The van der Waals surface area contributed by atoms with Crippen LogP contribution < -0.4 is 11.0 Å². The van der Waals surface area contributed by atoms with Gasteiger partial charge in [0.2, 0.25) is 5.91 Å². The number of carbonyl (C=O) groups excluding carboxylic acids is 1. The Morgan fingerprint density at radius 2 is 1.80 bits per heavy atom. The van der Waals surface area contributed by atoms with E-state index in [-0.39, 0.29) is 36.1 Å². The number of hydrogen-bond donors (Lipinski definition) is 2. The Hall–Kier alpha value is -4.08. The first-order chi connectivity index (χ1) is 21.6. The lowest BCUT2D eigenvalue weighted by Gasteiger charge is -2.35. The molecule has 1 saturated carbocycles. The van der Waals surface area contributed by atoms with E-state index in [9.17, 15) is 14.7 Å². The second kappa shape index (κ2) is 12.7. The molecule has 0 saturated heterocycles. The van der Waals surface area contributed by atoms with E-state index in [4.69, 9.17) is 9.84 Å². The second-order valence-electron chi connectivity index (χ2n) is 13.0. The Morgan fingerprint density at radius 3 is 2.47 bits per heavy atom. The summed E-state index contributed by atoms with van der Waals surface area (Å²) >= 11 is 0. The summed E-state index contributed by atoms with van der Waals surface area (Å²) in [5.41, 5.74) is 8.87. The molecule has 3 heterocycles. The molecule has 236 valence electrons. The number of amides is 1. The van der Waals surface area contributed by atoms with Gasteiger partial charge in [-0.25, -0.2) is 9.94 Å². The quantitative estimate of drug-likeness (QED) is 0.244. The van der Waals surface area contributed by atoms with Gasteiger partial charge in [-0.15, -0.1) is 0 Å². The number of aromatic nitrogens is 3. The molecule has 1 fully saturated rings. The van der Waals surface area contributed by atoms with Crippen LogP contribution in [0.15, 0.2) is 70.7 Å². The van der Waals surface area contributed by atoms with Crippen LogP contribution >= 0.6 is 0 Å². The predicted octanol–water partition coefficient (Wildman–Crippen LogP) is 5.59. The fourth-order valence-corrected chi connectivity index (χ4v) is 6.64. The van der Waals surface area contributed by atoms with Crippen molar-refractivity contribution in [3.05, 3.63) is 93.5 Å². The van der Waals surface area contributed by atoms with Crippen LogP contribution in [0.4, 0.5) is 0 Å². The SMILES string of the molecule is CCCc1c(Cc2ccc(-c3ccccc3)c(C3=NNC(=O)C3)c2)c(=O)n(C2CCC(OC(C)C(C)(C)O)CC2)c2ccnn12. The number of ether oxygens (including phenoxy) is 1. The smallest absolute Gasteiger partial charge is 0.257 e. The molecule has 1 aliphatic heterocycles. The van der Waals surface area contributed by atoms with Crippen molar-refractivity contribution in [1.29, 1.82) is 0 Å². The molecular formula is C36H43N5O4. The summed E-state index contributed by atoms with van der Waals surface area (Å²) in [6, 6.07) is 18.3. The van der Waals surface area contributed by atoms with Gasteiger partial charge in [0.1, 0.15) is 5.65 Å². The summed E-state index contributed by atoms with van der Waals surface area (Å²) in [4.78, 5) is 26.6. The van der Waals surface area contributed by atoms with Crippen LogP contribution in [-0.2, 0) is 22.4 Å². The van der Waals surface area contributed by atoms with Gasteiger partial charge in [0, 0.05) is 29.7 Å². The highest BCUT2D eigenvalue weighted by atomic mass is 16.5. The van der Waals surface area contributed by atoms with Gasteiger partial charge in [0.15, 0.2) is 0 Å². The van der Waals surface area contributed by atoms with Crippen molar-refractivity contribution >= 4 is 17.3 Å². The molecule has 2 aromatic heterocycles. The Balaban J connectivity index is 1.37. The third-order valence-corrected chi connectivity index (χ3v) is 9.34. The number of fused-ring (bicyclic) bond motifs is 1. The van der Waals surface area contributed by atoms with Gasteiger partial charge in [-0.3, -0.25) is 14.2 Å². The molecule has 2 aromatic carbocycles. The lowest BCUT2D eigenvalue weighted by molar-refractivity contribution is -0.119. The largest absolute Gasteiger partial charge is 0.388 e. The molecular weight excluding hydrogens is 566 g/mol. The molecule has 9 nitrogen and oxygen atoms in total. The number of hydrogen-bond acceptors (Lipinski definition) is 6. The minimum atomic E-state index is -0.906. The van der Waals surface area contributed by atoms with Gasteiger partial charge < -0.3 is 9.84 Å². The average molecular weight is 610 g/mol. The zero-order valence-corrected chi connectivity index (χ0v) is 26.6. The van der Waals surface area contributed by atoms with Crippen molar-refractivity contribution in [2.75, 3.05) is 0 Å². The molecule has 4 aromatic rings. The summed E-state index contributed by atoms with van der Waals surface area (Å²) in [6.07, 6.45) is 7.12. The van der Waals surface area contributed by atoms with Crippen LogP contribution in [0.1, 0.15) is 94.6 Å². The summed E-state index contributed by atoms with van der Waals surface area (Å²) < 4.78 is 10.1. The van der Waals surface area contributed by atoms with Gasteiger partial charge in [-0.05, 0) is 75.6 Å². The van der Waals surface area contributed by atoms with E-state index in [1.54, 1.807) is 20.0 Å². The molecule has 1 aliphatic carbocycles. The molecule has 1 unspecified atom stereocenters. The summed E-state index contributed by atoms with van der Waals surface area (Å²) in [7, 11) is 0. The first-order valence-corrected chi connectivity index (χ1v) is 16.2. The summed E-state index contributed by atoms with van der Waals surface area (Å²) in [5.74, 6) is -0.124. The Morgan fingerprint density at radius 1 is 1.04 bits per heavy atom. The lowest BCUT2D eigenvalue weighted by Crippen LogP contribution is -2.40. The van der Waals surface area contributed by atoms with Crippen LogP contribution in [0.2, 0.25) is 0 Å². The molecule has 0 radical (unpaired) electrons. The number of carbonyl (C=O) groups is 1. The van der Waals surface area contributed by atoms with Crippen LogP contribution in [0.5, 0.6) is 0 Å². The molecule has 6 rings (SSSR count). The molecule has 0 spiro atoms. The third kappa shape index (κ3) is 6.37. The minimum Gasteiger partial charge on any atom is -0.388 e. The van der Waals surface area contributed by atoms with E-state index in [0.29, 0.717) is 12.1 Å². The molecule has 1 amide bonds. The van der Waals surface area contributed by atoms with Crippen molar-refractivity contribution in [2.45, 2.75) is 103 Å². The monoisotopic (exact) mass is 609 g/mol. The molecule has 9 heteroatoms. The average Bonchev–Trinajstić information content (AvgIpc) is 3.69. The van der Waals surface area contributed by atoms with E-state index in [0.717, 1.165) is 77.7 Å². The van der Waals surface area contributed by atoms with Crippen molar-refractivity contribution < 1.29 is 14.6 Å². The maximum Gasteiger partial charge on any atom is 0.257 e. The number of aliphatic hydroxyl groups is 1. The van der Waals surface area contributed by atoms with E-state index >= 15 is 0 Å². The number of nitrogens with one attached hydrogen (secondary N) is 1. The van der Waals surface area contributed by atoms with E-state index in [2.05, 4.69) is 47.8 Å². The van der Waals surface area contributed by atoms with Crippen molar-refractivity contribution in [3.63, 3.8) is 0 Å². The number of aryl methyl sites for hydroxylation is 1. The fraction of sp³-hybridized carbons (Fsp3) is 0.444. The predicted molar refractivity (Wildman–Crippen MR) is 176 cm³/mol. The van der Waals surface area contributed by atoms with Gasteiger partial charge in [0.05, 0.1) is 41.8 Å². The van der Waals surface area contributed by atoms with E-state index in [1.165, 1.54) is 0 Å². The molecule has 2 N–H and O–H groups in total. The van der Waals surface area contributed by atoms with E-state index in [1.807, 2.05) is 40.3 Å². The van der Waals surface area contributed by atoms with Crippen molar-refractivity contribution in [3.8, 4) is 11.1 Å². The zero-order valence-electron chi connectivity index (χ0n) is 26.6. The number of rotatable bonds is 10. The highest BCUT2D eigenvalue weighted by Crippen LogP contribution is 2.33. The van der Waals surface area contributed by atoms with Gasteiger partial charge >= 0.3 is 0 Å². The number of hydrazone groups is 1. The summed E-state index contributed by atoms with van der Waals surface area (Å²) in [6.45, 7) is 7.58. The molecule has 0 bridgehead atoms. The fourth-order valence-electron chi connectivity index (χ4n) is 6.64. The number of benzene rings is 2. The van der Waals surface area contributed by atoms with Crippen molar-refractivity contribution in [2.24, 2.45) is 5.10 Å². The van der Waals surface area contributed by atoms with Crippen LogP contribution in [0.3, 0.4) is 0 Å². The second-order valence-corrected chi connectivity index (χ2v) is 13.0. The summed E-state index contributed by atoms with van der Waals surface area (Å²) in [5, 5.41) is 19.4. The van der Waals surface area contributed by atoms with Crippen LogP contribution in [0, 0.1) is 0 Å². The van der Waals surface area contributed by atoms with Gasteiger partial charge in [-0.2, -0.15) is 10.2 Å². The normalized spacial score (nSPS) is 19.5. The topological polar surface area (TPSA) is 110 Å². The molecule has 1 atom stereocenters. The first-order valence-electron chi connectivity index (χ1n) is 16.2. The highest BCUT2D eigenvalue weighted by molar-refractivity contribution is 6.16.